The van der Waals surface area contributed by atoms with Crippen molar-refractivity contribution in [1.82, 2.24) is 4.98 Å². The molecule has 0 spiro atoms. The first-order valence-electron chi connectivity index (χ1n) is 5.98. The SMILES string of the molecule is CCc1ccc(CNc2nc(C(N)=O)ccc2N)s1. The first kappa shape index (κ1) is 13.4. The van der Waals surface area contributed by atoms with E-state index in [4.69, 9.17) is 11.5 Å². The zero-order chi connectivity index (χ0) is 13.8. The van der Waals surface area contributed by atoms with Gasteiger partial charge in [-0.25, -0.2) is 4.98 Å². The fourth-order valence-corrected chi connectivity index (χ4v) is 2.52. The summed E-state index contributed by atoms with van der Waals surface area (Å²) in [6.45, 7) is 2.75. The van der Waals surface area contributed by atoms with Crippen LogP contribution >= 0.6 is 11.3 Å². The van der Waals surface area contributed by atoms with Crippen molar-refractivity contribution < 1.29 is 4.79 Å². The van der Waals surface area contributed by atoms with Crippen LogP contribution in [0.5, 0.6) is 0 Å². The average molecular weight is 276 g/mol. The molecule has 0 fully saturated rings. The molecule has 2 heterocycles. The summed E-state index contributed by atoms with van der Waals surface area (Å²) < 4.78 is 0. The molecule has 0 unspecified atom stereocenters. The van der Waals surface area contributed by atoms with E-state index in [2.05, 4.69) is 29.4 Å². The number of rotatable bonds is 5. The van der Waals surface area contributed by atoms with Crippen LogP contribution in [0.4, 0.5) is 11.5 Å². The van der Waals surface area contributed by atoms with Crippen LogP contribution in [0.2, 0.25) is 0 Å². The highest BCUT2D eigenvalue weighted by molar-refractivity contribution is 7.12. The van der Waals surface area contributed by atoms with Gasteiger partial charge in [-0.1, -0.05) is 6.92 Å². The highest BCUT2D eigenvalue weighted by Gasteiger charge is 2.07. The molecule has 2 rings (SSSR count). The quantitative estimate of drug-likeness (QED) is 0.778. The minimum absolute atomic E-state index is 0.206. The molecule has 0 bridgehead atoms. The van der Waals surface area contributed by atoms with Gasteiger partial charge in [0.1, 0.15) is 11.5 Å². The Kier molecular flexibility index (Phi) is 4.01. The van der Waals surface area contributed by atoms with Gasteiger partial charge >= 0.3 is 0 Å². The number of carbonyl (C=O) groups excluding carboxylic acids is 1. The number of primary amides is 1. The zero-order valence-corrected chi connectivity index (χ0v) is 11.5. The van der Waals surface area contributed by atoms with Crippen molar-refractivity contribution in [2.24, 2.45) is 5.73 Å². The van der Waals surface area contributed by atoms with Gasteiger partial charge in [-0.05, 0) is 30.7 Å². The molecule has 6 heteroatoms. The van der Waals surface area contributed by atoms with E-state index in [1.54, 1.807) is 17.4 Å². The molecule has 2 aromatic rings. The van der Waals surface area contributed by atoms with Crippen molar-refractivity contribution in [3.05, 3.63) is 39.7 Å². The van der Waals surface area contributed by atoms with Crippen molar-refractivity contribution >= 4 is 28.7 Å². The number of hydrogen-bond acceptors (Lipinski definition) is 5. The molecular weight excluding hydrogens is 260 g/mol. The van der Waals surface area contributed by atoms with Gasteiger partial charge in [0.05, 0.1) is 12.2 Å². The maximum atomic E-state index is 11.1. The van der Waals surface area contributed by atoms with Crippen molar-refractivity contribution in [2.75, 3.05) is 11.1 Å². The van der Waals surface area contributed by atoms with Gasteiger partial charge in [0.2, 0.25) is 0 Å². The lowest BCUT2D eigenvalue weighted by molar-refractivity contribution is 0.0996. The van der Waals surface area contributed by atoms with Crippen molar-refractivity contribution in [1.29, 1.82) is 0 Å². The molecule has 1 amide bonds. The summed E-state index contributed by atoms with van der Waals surface area (Å²) in [4.78, 5) is 17.7. The monoisotopic (exact) mass is 276 g/mol. The van der Waals surface area contributed by atoms with Crippen LogP contribution in [0, 0.1) is 0 Å². The zero-order valence-electron chi connectivity index (χ0n) is 10.6. The second-order valence-corrected chi connectivity index (χ2v) is 5.33. The highest BCUT2D eigenvalue weighted by atomic mass is 32.1. The molecule has 0 saturated carbocycles. The standard InChI is InChI=1S/C13H16N4OS/c1-2-8-3-4-9(19-8)7-16-13-10(14)5-6-11(17-13)12(15)18/h3-6H,2,7,14H2,1H3,(H2,15,18)(H,16,17). The summed E-state index contributed by atoms with van der Waals surface area (Å²) in [7, 11) is 0. The topological polar surface area (TPSA) is 94.0 Å². The summed E-state index contributed by atoms with van der Waals surface area (Å²) >= 11 is 1.75. The Labute approximate surface area is 115 Å². The van der Waals surface area contributed by atoms with E-state index in [-0.39, 0.29) is 5.69 Å². The summed E-state index contributed by atoms with van der Waals surface area (Å²) in [5.74, 6) is -0.0739. The van der Waals surface area contributed by atoms with E-state index in [0.29, 0.717) is 18.1 Å². The van der Waals surface area contributed by atoms with E-state index in [1.807, 2.05) is 0 Å². The molecule has 0 atom stereocenters. The number of pyridine rings is 1. The molecule has 0 radical (unpaired) electrons. The first-order valence-corrected chi connectivity index (χ1v) is 6.79. The van der Waals surface area contributed by atoms with Gasteiger partial charge < -0.3 is 16.8 Å². The lowest BCUT2D eigenvalue weighted by atomic mass is 10.3. The number of nitrogens with one attached hydrogen (secondary N) is 1. The maximum absolute atomic E-state index is 11.1. The lowest BCUT2D eigenvalue weighted by Gasteiger charge is -2.08. The Hall–Kier alpha value is -2.08. The van der Waals surface area contributed by atoms with Crippen LogP contribution < -0.4 is 16.8 Å². The van der Waals surface area contributed by atoms with E-state index in [1.165, 1.54) is 15.8 Å². The van der Waals surface area contributed by atoms with Crippen molar-refractivity contribution in [3.63, 3.8) is 0 Å². The van der Waals surface area contributed by atoms with Gasteiger partial charge in [-0.2, -0.15) is 0 Å². The van der Waals surface area contributed by atoms with Gasteiger partial charge in [0.25, 0.3) is 5.91 Å². The predicted molar refractivity (Wildman–Crippen MR) is 78.2 cm³/mol. The maximum Gasteiger partial charge on any atom is 0.267 e. The molecule has 0 aromatic carbocycles. The Balaban J connectivity index is 2.10. The van der Waals surface area contributed by atoms with E-state index >= 15 is 0 Å². The third-order valence-corrected chi connectivity index (χ3v) is 3.90. The Morgan fingerprint density at radius 1 is 1.32 bits per heavy atom. The van der Waals surface area contributed by atoms with Crippen molar-refractivity contribution in [2.45, 2.75) is 19.9 Å². The van der Waals surface area contributed by atoms with Gasteiger partial charge in [0.15, 0.2) is 0 Å². The second-order valence-electron chi connectivity index (χ2n) is 4.07. The molecule has 100 valence electrons. The van der Waals surface area contributed by atoms with Crippen LogP contribution in [0.3, 0.4) is 0 Å². The van der Waals surface area contributed by atoms with E-state index in [0.717, 1.165) is 6.42 Å². The number of anilines is 2. The third-order valence-electron chi connectivity index (χ3n) is 2.67. The summed E-state index contributed by atoms with van der Waals surface area (Å²) in [5, 5.41) is 3.13. The number of nitrogen functional groups attached to an aromatic ring is 1. The predicted octanol–water partition coefficient (Wildman–Crippen LogP) is 2.00. The fraction of sp³-hybridized carbons (Fsp3) is 0.231. The Morgan fingerprint density at radius 3 is 2.68 bits per heavy atom. The minimum atomic E-state index is -0.563. The smallest absolute Gasteiger partial charge is 0.267 e. The number of amides is 1. The summed E-state index contributed by atoms with van der Waals surface area (Å²) in [6, 6.07) is 7.33. The molecule has 0 aliphatic heterocycles. The molecule has 5 N–H and O–H groups in total. The van der Waals surface area contributed by atoms with Crippen LogP contribution in [0.25, 0.3) is 0 Å². The minimum Gasteiger partial charge on any atom is -0.396 e. The molecule has 0 saturated heterocycles. The molecule has 2 aromatic heterocycles. The van der Waals surface area contributed by atoms with Crippen LogP contribution in [-0.4, -0.2) is 10.9 Å². The van der Waals surface area contributed by atoms with Gasteiger partial charge in [0, 0.05) is 9.75 Å². The number of carbonyl (C=O) groups is 1. The Bertz CT molecular complexity index is 594. The molecule has 5 nitrogen and oxygen atoms in total. The number of hydrogen-bond donors (Lipinski definition) is 3. The van der Waals surface area contributed by atoms with E-state index < -0.39 is 5.91 Å². The first-order chi connectivity index (χ1) is 9.10. The van der Waals surface area contributed by atoms with E-state index in [9.17, 15) is 4.79 Å². The lowest BCUT2D eigenvalue weighted by Crippen LogP contribution is -2.15. The summed E-state index contributed by atoms with van der Waals surface area (Å²) in [6.07, 6.45) is 1.03. The number of nitrogens with zero attached hydrogens (tertiary/aromatic N) is 1. The third kappa shape index (κ3) is 3.23. The fourth-order valence-electron chi connectivity index (χ4n) is 1.63. The molecule has 19 heavy (non-hydrogen) atoms. The Morgan fingerprint density at radius 2 is 2.05 bits per heavy atom. The molecule has 0 aliphatic rings. The molecule has 0 aliphatic carbocycles. The van der Waals surface area contributed by atoms with Gasteiger partial charge in [-0.15, -0.1) is 11.3 Å². The summed E-state index contributed by atoms with van der Waals surface area (Å²) in [5.41, 5.74) is 11.7. The molecular formula is C13H16N4OS. The number of aromatic nitrogens is 1. The van der Waals surface area contributed by atoms with Crippen LogP contribution in [0.1, 0.15) is 27.2 Å². The number of thiophene rings is 1. The van der Waals surface area contributed by atoms with Crippen LogP contribution in [0.15, 0.2) is 24.3 Å². The number of nitrogens with two attached hydrogens (primary N) is 2. The normalized spacial score (nSPS) is 10.4. The average Bonchev–Trinajstić information content (AvgIpc) is 2.85. The van der Waals surface area contributed by atoms with Crippen LogP contribution in [-0.2, 0) is 13.0 Å². The van der Waals surface area contributed by atoms with Crippen molar-refractivity contribution in [3.8, 4) is 0 Å². The second kappa shape index (κ2) is 5.71. The van der Waals surface area contributed by atoms with Gasteiger partial charge in [-0.3, -0.25) is 4.79 Å². The largest absolute Gasteiger partial charge is 0.396 e. The highest BCUT2D eigenvalue weighted by Crippen LogP contribution is 2.20. The number of aryl methyl sites for hydroxylation is 1.